The molecule has 23 heteroatoms. The Hall–Kier alpha value is -2.48. The number of nitrogens with two attached hydrogens (primary N) is 1. The molecule has 0 bridgehead atoms. The predicted molar refractivity (Wildman–Crippen MR) is 142 cm³/mol. The summed E-state index contributed by atoms with van der Waals surface area (Å²) in [6, 6.07) is -1.87. The molecule has 2 aromatic heterocycles. The Bertz CT molecular complexity index is 1440. The van der Waals surface area contributed by atoms with Crippen LogP contribution in [-0.2, 0) is 37.2 Å². The number of aliphatic hydroxyl groups is 2. The van der Waals surface area contributed by atoms with Crippen LogP contribution in [0.3, 0.4) is 0 Å². The summed E-state index contributed by atoms with van der Waals surface area (Å²) < 4.78 is 47.5. The van der Waals surface area contributed by atoms with Gasteiger partial charge in [-0.3, -0.25) is 33.0 Å². The van der Waals surface area contributed by atoms with Gasteiger partial charge in [0.1, 0.15) is 30.2 Å². The number of carbonyl (C=O) groups excluding carboxylic acids is 2. The number of hydrogen-bond donors (Lipinski definition) is 7. The Morgan fingerprint density at radius 3 is 2.60 bits per heavy atom. The van der Waals surface area contributed by atoms with E-state index in [-0.39, 0.29) is 34.7 Å². The average Bonchev–Trinajstić information content (AvgIpc) is 3.45. The van der Waals surface area contributed by atoms with Gasteiger partial charge in [-0.25, -0.2) is 14.1 Å². The Morgan fingerprint density at radius 1 is 1.29 bits per heavy atom. The normalized spacial score (nSPS) is 24.3. The molecule has 1 saturated heterocycles. The van der Waals surface area contributed by atoms with Crippen molar-refractivity contribution in [3.8, 4) is 0 Å². The highest BCUT2D eigenvalue weighted by Crippen LogP contribution is 2.65. The Morgan fingerprint density at radius 2 is 1.95 bits per heavy atom. The summed E-state index contributed by atoms with van der Waals surface area (Å²) in [7, 11) is -10.8. The fourth-order valence-corrected chi connectivity index (χ4v) is 7.37. The zero-order valence-electron chi connectivity index (χ0n) is 22.1. The number of nitrogen functional groups attached to an aromatic ring is 1. The van der Waals surface area contributed by atoms with Crippen LogP contribution in [0.25, 0.3) is 11.2 Å². The number of hydrogen-bond acceptors (Lipinski definition) is 14. The van der Waals surface area contributed by atoms with Crippen molar-refractivity contribution in [3.05, 3.63) is 16.7 Å². The molecule has 236 valence electrons. The third-order valence-corrected chi connectivity index (χ3v) is 10.1. The number of halogens is 1. The number of esters is 1. The predicted octanol–water partition coefficient (Wildman–Crippen LogP) is -1.84. The Balaban J connectivity index is 1.79. The average molecular weight is 662 g/mol. The van der Waals surface area contributed by atoms with Gasteiger partial charge in [-0.05, 0) is 13.8 Å². The van der Waals surface area contributed by atoms with Crippen molar-refractivity contribution < 1.29 is 57.2 Å². The van der Waals surface area contributed by atoms with Crippen LogP contribution in [0.1, 0.15) is 20.1 Å². The van der Waals surface area contributed by atoms with Crippen molar-refractivity contribution in [2.45, 2.75) is 44.4 Å². The molecule has 1 amide bonds. The van der Waals surface area contributed by atoms with Crippen molar-refractivity contribution in [3.63, 3.8) is 0 Å². The van der Waals surface area contributed by atoms with Crippen LogP contribution in [0.15, 0.2) is 11.1 Å². The summed E-state index contributed by atoms with van der Waals surface area (Å²) in [5, 5.41) is 23.4. The van der Waals surface area contributed by atoms with Crippen LogP contribution in [0.5, 0.6) is 0 Å². The van der Waals surface area contributed by atoms with E-state index in [0.717, 1.165) is 17.8 Å². The van der Waals surface area contributed by atoms with Crippen LogP contribution in [-0.4, -0.2) is 112 Å². The molecule has 42 heavy (non-hydrogen) atoms. The van der Waals surface area contributed by atoms with E-state index in [1.807, 2.05) is 0 Å². The second-order valence-electron chi connectivity index (χ2n) is 8.66. The maximum absolute atomic E-state index is 13.3. The fourth-order valence-electron chi connectivity index (χ4n) is 3.85. The molecule has 8 N–H and O–H groups in total. The highest BCUT2D eigenvalue weighted by molar-refractivity contribution is 7.66. The molecule has 20 nitrogen and oxygen atoms in total. The molecule has 2 aromatic rings. The summed E-state index contributed by atoms with van der Waals surface area (Å²) in [5.41, 5.74) is 4.63. The molecule has 0 aliphatic carbocycles. The van der Waals surface area contributed by atoms with Crippen LogP contribution in [0.4, 0.5) is 5.95 Å². The standard InChI is InChI=1S/C19H30ClN7O13P2/c1-3-37-18(32)9(2)27(41(33,34)38-5-4-22-11(28)6-20)42(35,36)39-7-10-13(29)14(30)17(40-10)26-8-23-12-15(26)24-19(21)25-16(12)31/h8-10,13-14,17,29-30H,3-7H2,1-2H3,(H,22,28)(H,33,34)(H,35,36)(H3,21,24,25,31)/t9-,10+,13+,14+,17+/m0/s1. The molecule has 0 spiro atoms. The van der Waals surface area contributed by atoms with E-state index in [1.165, 1.54) is 6.92 Å². The van der Waals surface area contributed by atoms with Crippen LogP contribution in [0, 0.1) is 0 Å². The number of aromatic amines is 1. The lowest BCUT2D eigenvalue weighted by molar-refractivity contribution is -0.146. The molecule has 1 fully saturated rings. The third-order valence-electron chi connectivity index (χ3n) is 5.77. The lowest BCUT2D eigenvalue weighted by Gasteiger charge is -2.33. The highest BCUT2D eigenvalue weighted by Gasteiger charge is 2.52. The first-order valence-electron chi connectivity index (χ1n) is 12.1. The van der Waals surface area contributed by atoms with Crippen molar-refractivity contribution >= 4 is 56.1 Å². The largest absolute Gasteiger partial charge is 0.465 e. The van der Waals surface area contributed by atoms with Gasteiger partial charge in [0.25, 0.3) is 5.56 Å². The molecule has 7 atom stereocenters. The number of carbonyl (C=O) groups is 2. The van der Waals surface area contributed by atoms with Gasteiger partial charge in [-0.1, -0.05) is 4.44 Å². The van der Waals surface area contributed by atoms with Crippen LogP contribution in [0.2, 0.25) is 0 Å². The maximum Gasteiger partial charge on any atom is 0.415 e. The number of fused-ring (bicyclic) bond motifs is 1. The number of amides is 1. The third kappa shape index (κ3) is 7.53. The van der Waals surface area contributed by atoms with Gasteiger partial charge in [-0.2, -0.15) is 4.98 Å². The molecular weight excluding hydrogens is 632 g/mol. The monoisotopic (exact) mass is 661 g/mol. The van der Waals surface area contributed by atoms with Gasteiger partial charge in [0.2, 0.25) is 11.9 Å². The summed E-state index contributed by atoms with van der Waals surface area (Å²) in [6.07, 6.45) is -5.29. The number of imidazole rings is 1. The number of aromatic nitrogens is 4. The van der Waals surface area contributed by atoms with E-state index >= 15 is 0 Å². The van der Waals surface area contributed by atoms with Crippen molar-refractivity contribution in [1.29, 1.82) is 0 Å². The first kappa shape index (κ1) is 34.0. The summed E-state index contributed by atoms with van der Waals surface area (Å²) >= 11 is 5.35. The van der Waals surface area contributed by atoms with Crippen molar-refractivity contribution in [1.82, 2.24) is 29.3 Å². The first-order chi connectivity index (χ1) is 19.6. The van der Waals surface area contributed by atoms with Gasteiger partial charge in [0.15, 0.2) is 17.4 Å². The minimum atomic E-state index is -5.44. The van der Waals surface area contributed by atoms with Gasteiger partial charge < -0.3 is 40.5 Å². The molecule has 0 aromatic carbocycles. The Kier molecular flexibility index (Phi) is 11.2. The maximum atomic E-state index is 13.3. The van der Waals surface area contributed by atoms with Gasteiger partial charge >= 0.3 is 21.5 Å². The van der Waals surface area contributed by atoms with E-state index in [1.54, 1.807) is 0 Å². The zero-order valence-corrected chi connectivity index (χ0v) is 24.6. The first-order valence-corrected chi connectivity index (χ1v) is 15.7. The second-order valence-corrected chi connectivity index (χ2v) is 12.6. The molecule has 0 saturated carbocycles. The number of nitrogens with one attached hydrogen (secondary N) is 2. The van der Waals surface area contributed by atoms with Crippen LogP contribution >= 0.6 is 27.1 Å². The molecule has 0 radical (unpaired) electrons. The molecule has 1 aliphatic rings. The number of ether oxygens (including phenoxy) is 2. The van der Waals surface area contributed by atoms with Gasteiger partial charge in [0, 0.05) is 6.54 Å². The number of rotatable bonds is 14. The number of aliphatic hydroxyl groups excluding tert-OH is 2. The summed E-state index contributed by atoms with van der Waals surface area (Å²) in [6.45, 7) is 0.333. The van der Waals surface area contributed by atoms with E-state index in [0.29, 0.717) is 0 Å². The highest BCUT2D eigenvalue weighted by atomic mass is 35.5. The lowest BCUT2D eigenvalue weighted by atomic mass is 10.1. The van der Waals surface area contributed by atoms with E-state index in [4.69, 9.17) is 35.9 Å². The van der Waals surface area contributed by atoms with Crippen molar-refractivity contribution in [2.75, 3.05) is 38.0 Å². The minimum Gasteiger partial charge on any atom is -0.465 e. The van der Waals surface area contributed by atoms with E-state index in [2.05, 4.69) is 20.3 Å². The lowest BCUT2D eigenvalue weighted by Crippen LogP contribution is -2.38. The molecule has 1 aliphatic heterocycles. The number of H-pyrrole nitrogens is 1. The molecule has 2 unspecified atom stereocenters. The number of anilines is 1. The SMILES string of the molecule is CCOC(=O)[C@H](C)N(P(=O)(O)OCCNC(=O)CCl)P(=O)(O)OC[C@H]1O[C@@H](n2cnc3c(=O)[nH]c(N)nc32)[C@H](O)[C@@H]1O. The van der Waals surface area contributed by atoms with E-state index in [9.17, 15) is 43.5 Å². The quantitative estimate of drug-likeness (QED) is 0.0506. The fraction of sp³-hybridized carbons (Fsp3) is 0.632. The number of alkyl halides is 1. The topological polar surface area (TPSA) is 291 Å². The van der Waals surface area contributed by atoms with Crippen LogP contribution < -0.4 is 16.6 Å². The smallest absolute Gasteiger partial charge is 0.415 e. The Labute approximate surface area is 241 Å². The second kappa shape index (κ2) is 13.9. The number of nitrogens with zero attached hydrogens (tertiary/aromatic N) is 4. The summed E-state index contributed by atoms with van der Waals surface area (Å²) in [4.78, 5) is 67.0. The molecule has 3 heterocycles. The van der Waals surface area contributed by atoms with Gasteiger partial charge in [0.05, 0.1) is 26.1 Å². The zero-order chi connectivity index (χ0) is 31.4. The molecule has 3 rings (SSSR count). The minimum absolute atomic E-state index is 0.100. The van der Waals surface area contributed by atoms with Gasteiger partial charge in [-0.15, -0.1) is 11.6 Å². The van der Waals surface area contributed by atoms with E-state index < -0.39 is 82.6 Å². The molecular formula is C19H30ClN7O13P2. The van der Waals surface area contributed by atoms with Crippen molar-refractivity contribution in [2.24, 2.45) is 0 Å². The summed E-state index contributed by atoms with van der Waals surface area (Å²) in [5.74, 6) is -2.46.